The zero-order chi connectivity index (χ0) is 54.0. The Balaban J connectivity index is 1.19. The van der Waals surface area contributed by atoms with E-state index in [1.54, 1.807) is 51.3 Å². The van der Waals surface area contributed by atoms with Gasteiger partial charge in [0.05, 0.1) is 19.5 Å². The Morgan fingerprint density at radius 1 is 1.01 bits per heavy atom. The average Bonchev–Trinajstić information content (AvgIpc) is 4.02. The van der Waals surface area contributed by atoms with Crippen LogP contribution in [0.1, 0.15) is 58.1 Å². The normalized spacial score (nSPS) is 22.5. The molecule has 0 aliphatic carbocycles. The number of carbonyl (C=O) groups is 3. The van der Waals surface area contributed by atoms with E-state index in [9.17, 15) is 48.1 Å². The van der Waals surface area contributed by atoms with Gasteiger partial charge < -0.3 is 65.6 Å². The van der Waals surface area contributed by atoms with Gasteiger partial charge in [0.1, 0.15) is 66.6 Å². The number of nitrogens with zero attached hydrogens (tertiary/aromatic N) is 9. The molecule has 2 aliphatic rings. The summed E-state index contributed by atoms with van der Waals surface area (Å²) < 4.78 is 71.4. The number of carbonyl (C=O) groups excluding carboxylic acids is 3. The Labute approximate surface area is 427 Å². The van der Waals surface area contributed by atoms with Crippen LogP contribution in [-0.4, -0.2) is 140 Å². The van der Waals surface area contributed by atoms with Crippen molar-refractivity contribution in [3.63, 3.8) is 0 Å². The van der Waals surface area contributed by atoms with Crippen molar-refractivity contribution in [1.82, 2.24) is 39.7 Å². The second-order valence-electron chi connectivity index (χ2n) is 17.1. The number of nitrogens with one attached hydrogen (secondary N) is 2. The second-order valence-corrected chi connectivity index (χ2v) is 22.5. The number of imidazole rings is 1. The average molecular weight is 1120 g/mol. The fraction of sp³-hybridized carbons (Fsp3) is 0.538. The second kappa shape index (κ2) is 25.3. The van der Waals surface area contributed by atoms with Crippen LogP contribution in [0, 0.1) is 0 Å². The number of aromatic nitrogens is 6. The number of benzene rings is 1. The number of hydrogen-bond donors (Lipinski definition) is 8. The van der Waals surface area contributed by atoms with E-state index >= 15 is 0 Å². The summed E-state index contributed by atoms with van der Waals surface area (Å²) in [4.78, 5) is 101. The monoisotopic (exact) mass is 1120 g/mol. The molecule has 35 heteroatoms. The molecule has 5 unspecified atom stereocenters. The maximum absolute atomic E-state index is 14.3. The number of phosphoric ester groups is 2. The van der Waals surface area contributed by atoms with Crippen molar-refractivity contribution in [1.29, 1.82) is 0 Å². The summed E-state index contributed by atoms with van der Waals surface area (Å²) in [6.07, 6.45) is -7.73. The number of phosphoric acid groups is 2. The number of aliphatic hydroxyl groups is 1. The molecule has 0 bridgehead atoms. The summed E-state index contributed by atoms with van der Waals surface area (Å²) in [7, 11) is -7.71. The highest BCUT2D eigenvalue weighted by atomic mass is 33.1. The molecule has 0 saturated carbocycles. The van der Waals surface area contributed by atoms with E-state index in [4.69, 9.17) is 49.7 Å². The number of azide groups is 1. The fourth-order valence-electron chi connectivity index (χ4n) is 7.30. The molecular formula is C39H53N13O18P2S2. The van der Waals surface area contributed by atoms with Crippen molar-refractivity contribution < 1.29 is 80.6 Å². The molecule has 1 aromatic carbocycles. The Hall–Kier alpha value is -5.63. The Kier molecular flexibility index (Phi) is 19.7. The Morgan fingerprint density at radius 3 is 2.42 bits per heavy atom. The molecule has 4 aromatic rings. The first-order valence-electron chi connectivity index (χ1n) is 22.0. The van der Waals surface area contributed by atoms with Gasteiger partial charge in [-0.15, -0.1) is 0 Å². The lowest BCUT2D eigenvalue weighted by atomic mass is 10.1. The van der Waals surface area contributed by atoms with E-state index < -0.39 is 113 Å². The third kappa shape index (κ3) is 16.4. The summed E-state index contributed by atoms with van der Waals surface area (Å²) in [6, 6.07) is 6.15. The summed E-state index contributed by atoms with van der Waals surface area (Å²) in [5.74, 6) is -1.28. The molecule has 10 atom stereocenters. The molecule has 404 valence electrons. The molecule has 2 saturated heterocycles. The van der Waals surface area contributed by atoms with E-state index in [0.717, 1.165) is 10.9 Å². The molecule has 2 amide bonds. The number of esters is 1. The minimum atomic E-state index is -5.31. The maximum Gasteiger partial charge on any atom is 0.472 e. The van der Waals surface area contributed by atoms with Crippen molar-refractivity contribution in [3.8, 4) is 0 Å². The van der Waals surface area contributed by atoms with Gasteiger partial charge >= 0.3 is 39.5 Å². The van der Waals surface area contributed by atoms with Crippen LogP contribution >= 0.6 is 37.2 Å². The smallest absolute Gasteiger partial charge is 0.455 e. The van der Waals surface area contributed by atoms with E-state index in [-0.39, 0.29) is 55.2 Å². The molecule has 31 nitrogen and oxygen atoms in total. The SMILES string of the molecule is CSS[C@@H](CC[C@H](NC(=O)OC(C)(C)C)C(=O)OC1C(COP(=O)(O)O[C@H]2C[C@H](n3ccc(N)nc3=O)O[C@@H]2COP(=O)(O)O)OC(n2cnc3c(N)ncnc32)C1O)CNC(=O)OCc1ccc(N=[N+]=[N-])cc1. The number of aliphatic hydroxyl groups excluding tert-OH is 1. The van der Waals surface area contributed by atoms with Crippen molar-refractivity contribution in [3.05, 3.63) is 75.7 Å². The highest BCUT2D eigenvalue weighted by molar-refractivity contribution is 8.76. The molecule has 6 rings (SSSR count). The molecule has 10 N–H and O–H groups in total. The number of ether oxygens (including phenoxy) is 5. The summed E-state index contributed by atoms with van der Waals surface area (Å²) in [6.45, 7) is 2.90. The van der Waals surface area contributed by atoms with Gasteiger partial charge in [0, 0.05) is 35.0 Å². The number of fused-ring (bicyclic) bond motifs is 1. The van der Waals surface area contributed by atoms with E-state index in [2.05, 4.69) is 45.1 Å². The fourth-order valence-corrected chi connectivity index (χ4v) is 10.6. The largest absolute Gasteiger partial charge is 0.472 e. The van der Waals surface area contributed by atoms with Gasteiger partial charge in [-0.25, -0.2) is 43.3 Å². The first-order chi connectivity index (χ1) is 34.9. The van der Waals surface area contributed by atoms with Gasteiger partial charge in [-0.1, -0.05) is 51.0 Å². The lowest BCUT2D eigenvalue weighted by molar-refractivity contribution is -0.159. The number of amides is 2. The minimum Gasteiger partial charge on any atom is -0.455 e. The quantitative estimate of drug-likeness (QED) is 0.0100. The summed E-state index contributed by atoms with van der Waals surface area (Å²) >= 11 is 0. The predicted octanol–water partition coefficient (Wildman–Crippen LogP) is 3.24. The molecule has 74 heavy (non-hydrogen) atoms. The van der Waals surface area contributed by atoms with Crippen molar-refractivity contribution in [2.24, 2.45) is 5.11 Å². The standard InChI is InChI=1S/C39H53N13O18P2S2/c1-39(2,3)69-38(57)47-23(10-9-22(74-73-4)14-43-37(56)63-15-20-5-7-21(8-6-20)49-50-42)35(54)68-31-26(67-34(30(31)53)52-19-46-29-32(41)44-18-45-33(29)52)17-65-72(61,62)70-24-13-28(51-12-11-27(40)48-36(51)55)66-25(24)16-64-71(58,59)60/h5-8,11-12,18-19,22-26,28,30-31,34,53H,9-10,13-17H2,1-4H3,(H,43,56)(H,47,57)(H,61,62)(H2,40,48,55)(H2,41,44,45)(H2,58,59,60)/t22-,23-,24-,25+,26?,28+,30?,31?,34?/m0/s1. The zero-order valence-electron chi connectivity index (χ0n) is 39.7. The third-order valence-electron chi connectivity index (χ3n) is 10.6. The minimum absolute atomic E-state index is 0.0288. The predicted molar refractivity (Wildman–Crippen MR) is 260 cm³/mol. The van der Waals surface area contributed by atoms with E-state index in [0.29, 0.717) is 11.3 Å². The van der Waals surface area contributed by atoms with Crippen molar-refractivity contribution in [2.75, 3.05) is 37.5 Å². The van der Waals surface area contributed by atoms with Gasteiger partial charge in [0.2, 0.25) is 0 Å². The maximum atomic E-state index is 14.3. The van der Waals surface area contributed by atoms with Crippen LogP contribution in [0.4, 0.5) is 26.9 Å². The van der Waals surface area contributed by atoms with Crippen LogP contribution in [0.25, 0.3) is 21.6 Å². The van der Waals surface area contributed by atoms with Crippen LogP contribution < -0.4 is 27.8 Å². The number of nitrogen functional groups attached to an aromatic ring is 2. The zero-order valence-corrected chi connectivity index (χ0v) is 43.1. The molecule has 0 radical (unpaired) electrons. The first kappa shape index (κ1) is 57.6. The molecule has 3 aromatic heterocycles. The summed E-state index contributed by atoms with van der Waals surface area (Å²) in [5, 5.41) is 20.2. The van der Waals surface area contributed by atoms with Crippen LogP contribution in [0.3, 0.4) is 0 Å². The van der Waals surface area contributed by atoms with Crippen LogP contribution in [0.15, 0.2) is 59.1 Å². The van der Waals surface area contributed by atoms with Gasteiger partial charge in [-0.2, -0.15) is 4.98 Å². The number of nitrogens with two attached hydrogens (primary N) is 2. The van der Waals surface area contributed by atoms with E-state index in [1.165, 1.54) is 44.7 Å². The number of hydrogen-bond acceptors (Lipinski definition) is 24. The van der Waals surface area contributed by atoms with Crippen LogP contribution in [0.5, 0.6) is 0 Å². The van der Waals surface area contributed by atoms with Crippen molar-refractivity contribution in [2.45, 2.75) is 107 Å². The third-order valence-corrected chi connectivity index (χ3v) is 14.3. The van der Waals surface area contributed by atoms with Gasteiger partial charge in [0.25, 0.3) is 0 Å². The van der Waals surface area contributed by atoms with Crippen LogP contribution in [-0.2, 0) is 57.8 Å². The highest BCUT2D eigenvalue weighted by Crippen LogP contribution is 2.50. The summed E-state index contributed by atoms with van der Waals surface area (Å²) in [5.41, 5.74) is 19.5. The van der Waals surface area contributed by atoms with Gasteiger partial charge in [-0.05, 0) is 57.0 Å². The number of anilines is 2. The topological polar surface area (TPSA) is 443 Å². The molecule has 2 aliphatic heterocycles. The van der Waals surface area contributed by atoms with Crippen LogP contribution in [0.2, 0.25) is 0 Å². The number of alkyl carbamates (subject to hydrolysis) is 2. The Morgan fingerprint density at radius 2 is 1.74 bits per heavy atom. The molecule has 0 spiro atoms. The van der Waals surface area contributed by atoms with E-state index in [1.807, 2.05) is 0 Å². The Bertz CT molecular complexity index is 2820. The molecule has 5 heterocycles. The molecule has 2 fully saturated rings. The highest BCUT2D eigenvalue weighted by Gasteiger charge is 2.50. The molecular weight excluding hydrogens is 1060 g/mol. The lowest BCUT2D eigenvalue weighted by Gasteiger charge is -2.27. The first-order valence-corrected chi connectivity index (χ1v) is 27.6. The lowest BCUT2D eigenvalue weighted by Crippen LogP contribution is -2.48. The van der Waals surface area contributed by atoms with Gasteiger partial charge in [0.15, 0.2) is 23.8 Å². The number of rotatable bonds is 23. The van der Waals surface area contributed by atoms with Crippen molar-refractivity contribution >= 4 is 83.9 Å². The van der Waals surface area contributed by atoms with Gasteiger partial charge in [-0.3, -0.25) is 22.7 Å².